The molecular formula is C20H19N3O3S. The van der Waals surface area contributed by atoms with Gasteiger partial charge in [-0.15, -0.1) is 11.8 Å². The molecule has 6 nitrogen and oxygen atoms in total. The predicted molar refractivity (Wildman–Crippen MR) is 108 cm³/mol. The first-order chi connectivity index (χ1) is 13.2. The minimum absolute atomic E-state index is 0.0540. The van der Waals surface area contributed by atoms with Crippen molar-refractivity contribution in [2.45, 2.75) is 16.6 Å². The Morgan fingerprint density at radius 2 is 2.04 bits per heavy atom. The lowest BCUT2D eigenvalue weighted by molar-refractivity contribution is -0.124. The second kappa shape index (κ2) is 9.05. The molecule has 2 aromatic rings. The molecule has 0 saturated heterocycles. The highest BCUT2D eigenvalue weighted by Gasteiger charge is 2.28. The Labute approximate surface area is 161 Å². The van der Waals surface area contributed by atoms with Gasteiger partial charge in [-0.1, -0.05) is 30.3 Å². The van der Waals surface area contributed by atoms with Crippen LogP contribution >= 0.6 is 11.8 Å². The summed E-state index contributed by atoms with van der Waals surface area (Å²) < 4.78 is 5.25. The predicted octanol–water partition coefficient (Wildman–Crippen LogP) is 3.31. The average molecular weight is 381 g/mol. The van der Waals surface area contributed by atoms with E-state index in [-0.39, 0.29) is 18.2 Å². The van der Waals surface area contributed by atoms with Crippen molar-refractivity contribution < 1.29 is 14.3 Å². The molecule has 3 rings (SSSR count). The van der Waals surface area contributed by atoms with Crippen LogP contribution in [0.1, 0.15) is 12.0 Å². The molecule has 27 heavy (non-hydrogen) atoms. The molecule has 1 aliphatic rings. The first kappa shape index (κ1) is 18.7. The van der Waals surface area contributed by atoms with Crippen molar-refractivity contribution in [3.63, 3.8) is 0 Å². The Hall–Kier alpha value is -3.06. The Bertz CT molecular complexity index is 896. The molecule has 1 aliphatic heterocycles. The van der Waals surface area contributed by atoms with Gasteiger partial charge in [0.2, 0.25) is 11.8 Å². The number of amides is 2. The number of thioether (sulfide) groups is 1. The molecule has 2 amide bonds. The van der Waals surface area contributed by atoms with E-state index < -0.39 is 5.25 Å². The maximum Gasteiger partial charge on any atom is 0.241 e. The molecular weight excluding hydrogens is 362 g/mol. The molecule has 0 spiro atoms. The molecule has 138 valence electrons. The third-order valence-electron chi connectivity index (χ3n) is 3.84. The van der Waals surface area contributed by atoms with Gasteiger partial charge in [-0.05, 0) is 30.4 Å². The van der Waals surface area contributed by atoms with Crippen molar-refractivity contribution in [1.82, 2.24) is 5.43 Å². The van der Waals surface area contributed by atoms with E-state index in [4.69, 9.17) is 4.74 Å². The van der Waals surface area contributed by atoms with Crippen molar-refractivity contribution >= 4 is 41.6 Å². The molecule has 2 aromatic carbocycles. The second-order valence-electron chi connectivity index (χ2n) is 5.71. The number of methoxy groups -OCH3 is 1. The fourth-order valence-electron chi connectivity index (χ4n) is 2.54. The Morgan fingerprint density at radius 1 is 1.26 bits per heavy atom. The molecule has 1 atom stereocenters. The fourth-order valence-corrected chi connectivity index (χ4v) is 3.65. The number of nitrogens with zero attached hydrogens (tertiary/aromatic N) is 1. The topological polar surface area (TPSA) is 79.8 Å². The van der Waals surface area contributed by atoms with Crippen LogP contribution < -0.4 is 15.5 Å². The number of nitrogens with one attached hydrogen (secondary N) is 2. The van der Waals surface area contributed by atoms with Crippen LogP contribution in [0, 0.1) is 0 Å². The van der Waals surface area contributed by atoms with Gasteiger partial charge in [0.1, 0.15) is 5.75 Å². The fraction of sp³-hybridized carbons (Fsp3) is 0.150. The molecule has 0 unspecified atom stereocenters. The second-order valence-corrected chi connectivity index (χ2v) is 6.95. The number of anilines is 1. The van der Waals surface area contributed by atoms with E-state index in [0.717, 1.165) is 21.9 Å². The summed E-state index contributed by atoms with van der Waals surface area (Å²) >= 11 is 1.39. The van der Waals surface area contributed by atoms with E-state index >= 15 is 0 Å². The lowest BCUT2D eigenvalue weighted by Crippen LogP contribution is -2.33. The van der Waals surface area contributed by atoms with E-state index in [1.807, 2.05) is 54.6 Å². The lowest BCUT2D eigenvalue weighted by Gasteiger charge is -2.23. The van der Waals surface area contributed by atoms with Gasteiger partial charge in [-0.2, -0.15) is 5.10 Å². The number of benzene rings is 2. The van der Waals surface area contributed by atoms with Crippen molar-refractivity contribution in [1.29, 1.82) is 0 Å². The van der Waals surface area contributed by atoms with E-state index in [1.54, 1.807) is 13.2 Å². The molecule has 0 aromatic heterocycles. The molecule has 0 fully saturated rings. The van der Waals surface area contributed by atoms with Crippen LogP contribution in [0.4, 0.5) is 5.69 Å². The molecule has 7 heteroatoms. The highest BCUT2D eigenvalue weighted by atomic mass is 32.2. The zero-order valence-electron chi connectivity index (χ0n) is 14.7. The van der Waals surface area contributed by atoms with Gasteiger partial charge in [-0.25, -0.2) is 5.43 Å². The van der Waals surface area contributed by atoms with E-state index in [9.17, 15) is 9.59 Å². The van der Waals surface area contributed by atoms with Gasteiger partial charge < -0.3 is 10.1 Å². The summed E-state index contributed by atoms with van der Waals surface area (Å²) in [6, 6.07) is 15.1. The zero-order valence-corrected chi connectivity index (χ0v) is 15.5. The molecule has 0 bridgehead atoms. The number of hydrogen-bond donors (Lipinski definition) is 2. The zero-order chi connectivity index (χ0) is 19.1. The van der Waals surface area contributed by atoms with Crippen LogP contribution in [0.5, 0.6) is 5.75 Å². The summed E-state index contributed by atoms with van der Waals surface area (Å²) in [6.45, 7) is 0. The van der Waals surface area contributed by atoms with Gasteiger partial charge in [0, 0.05) is 23.1 Å². The SMILES string of the molecule is COc1ccccc1/C=C/C=N\NC(=O)C[C@@H]1Sc2ccccc2NC1=O. The summed E-state index contributed by atoms with van der Waals surface area (Å²) in [4.78, 5) is 25.1. The number of allylic oxidation sites excluding steroid dienone is 1. The standard InChI is InChI=1S/C20H19N3O3S/c1-26-16-10-4-2-7-14(16)8-6-12-21-23-19(24)13-18-20(25)22-15-9-3-5-11-17(15)27-18/h2-12,18H,13H2,1H3,(H,22,25)(H,23,24)/b8-6+,21-12-/t18-/m0/s1. The van der Waals surface area contributed by atoms with Crippen LogP contribution in [-0.4, -0.2) is 30.4 Å². The van der Waals surface area contributed by atoms with Crippen molar-refractivity contribution in [3.05, 3.63) is 60.2 Å². The Kier molecular flexibility index (Phi) is 6.27. The summed E-state index contributed by atoms with van der Waals surface area (Å²) in [5.41, 5.74) is 4.13. The third-order valence-corrected chi connectivity index (χ3v) is 5.12. The number of carbonyl (C=O) groups is 2. The minimum Gasteiger partial charge on any atom is -0.496 e. The molecule has 2 N–H and O–H groups in total. The van der Waals surface area contributed by atoms with Gasteiger partial charge in [0.15, 0.2) is 0 Å². The highest BCUT2D eigenvalue weighted by molar-refractivity contribution is 8.01. The summed E-state index contributed by atoms with van der Waals surface area (Å²) in [5, 5.41) is 6.23. The monoisotopic (exact) mass is 381 g/mol. The average Bonchev–Trinajstić information content (AvgIpc) is 2.68. The van der Waals surface area contributed by atoms with Crippen LogP contribution in [0.3, 0.4) is 0 Å². The third kappa shape index (κ3) is 4.98. The van der Waals surface area contributed by atoms with Crippen LogP contribution in [0.25, 0.3) is 6.08 Å². The minimum atomic E-state index is -0.473. The molecule has 0 radical (unpaired) electrons. The van der Waals surface area contributed by atoms with Crippen LogP contribution in [0.2, 0.25) is 0 Å². The lowest BCUT2D eigenvalue weighted by atomic mass is 10.2. The maximum atomic E-state index is 12.1. The van der Waals surface area contributed by atoms with Crippen molar-refractivity contribution in [2.75, 3.05) is 12.4 Å². The van der Waals surface area contributed by atoms with E-state index in [2.05, 4.69) is 15.8 Å². The number of carbonyl (C=O) groups excluding carboxylic acids is 2. The first-order valence-corrected chi connectivity index (χ1v) is 9.23. The number of hydrazone groups is 1. The largest absolute Gasteiger partial charge is 0.496 e. The molecule has 0 aliphatic carbocycles. The normalized spacial score (nSPS) is 16.2. The maximum absolute atomic E-state index is 12.1. The van der Waals surface area contributed by atoms with E-state index in [1.165, 1.54) is 18.0 Å². The molecule has 0 saturated carbocycles. The van der Waals surface area contributed by atoms with Crippen LogP contribution in [0.15, 0.2) is 64.6 Å². The quantitative estimate of drug-likeness (QED) is 0.594. The highest BCUT2D eigenvalue weighted by Crippen LogP contribution is 2.36. The van der Waals surface area contributed by atoms with Gasteiger partial charge in [0.25, 0.3) is 0 Å². The van der Waals surface area contributed by atoms with Crippen molar-refractivity contribution in [3.8, 4) is 5.75 Å². The van der Waals surface area contributed by atoms with E-state index in [0.29, 0.717) is 0 Å². The summed E-state index contributed by atoms with van der Waals surface area (Å²) in [5.74, 6) is 0.268. The van der Waals surface area contributed by atoms with Gasteiger partial charge in [0.05, 0.1) is 18.0 Å². The summed E-state index contributed by atoms with van der Waals surface area (Å²) in [7, 11) is 1.61. The number of fused-ring (bicyclic) bond motifs is 1. The Morgan fingerprint density at radius 3 is 2.89 bits per heavy atom. The molecule has 1 heterocycles. The van der Waals surface area contributed by atoms with Crippen LogP contribution in [-0.2, 0) is 9.59 Å². The number of ether oxygens (including phenoxy) is 1. The Balaban J connectivity index is 1.50. The first-order valence-electron chi connectivity index (χ1n) is 8.35. The number of para-hydroxylation sites is 2. The van der Waals surface area contributed by atoms with Gasteiger partial charge in [-0.3, -0.25) is 9.59 Å². The smallest absolute Gasteiger partial charge is 0.241 e. The van der Waals surface area contributed by atoms with Gasteiger partial charge >= 0.3 is 0 Å². The number of rotatable bonds is 6. The van der Waals surface area contributed by atoms with Crippen molar-refractivity contribution in [2.24, 2.45) is 5.10 Å². The number of hydrogen-bond acceptors (Lipinski definition) is 5. The summed E-state index contributed by atoms with van der Waals surface area (Å²) in [6.07, 6.45) is 5.07.